The van der Waals surface area contributed by atoms with Crippen LogP contribution in [0, 0.1) is 0 Å². The molecule has 19 heavy (non-hydrogen) atoms. The van der Waals surface area contributed by atoms with Gasteiger partial charge in [-0.15, -0.1) is 0 Å². The summed E-state index contributed by atoms with van der Waals surface area (Å²) >= 11 is 0. The van der Waals surface area contributed by atoms with Gasteiger partial charge in [-0.05, 0) is 32.8 Å². The molecule has 1 aromatic carbocycles. The van der Waals surface area contributed by atoms with E-state index in [9.17, 15) is 9.90 Å². The fraction of sp³-hybridized carbons (Fsp3) is 0.533. The first-order chi connectivity index (χ1) is 8.78. The molecule has 0 fully saturated rings. The summed E-state index contributed by atoms with van der Waals surface area (Å²) in [6.45, 7) is 5.73. The molecule has 0 saturated carbocycles. The van der Waals surface area contributed by atoms with Crippen LogP contribution in [-0.4, -0.2) is 22.7 Å². The Morgan fingerprint density at radius 3 is 2.42 bits per heavy atom. The van der Waals surface area contributed by atoms with Gasteiger partial charge in [-0.1, -0.05) is 30.3 Å². The van der Waals surface area contributed by atoms with Crippen LogP contribution in [0.2, 0.25) is 0 Å². The Balaban J connectivity index is 2.43. The van der Waals surface area contributed by atoms with Gasteiger partial charge in [-0.25, -0.2) is 0 Å². The molecule has 4 heteroatoms. The third-order valence-electron chi connectivity index (χ3n) is 2.69. The smallest absolute Gasteiger partial charge is 0.222 e. The first-order valence-corrected chi connectivity index (χ1v) is 6.57. The number of nitrogens with one attached hydrogen (secondary N) is 1. The Hall–Kier alpha value is -1.39. The van der Waals surface area contributed by atoms with Gasteiger partial charge in [0.2, 0.25) is 5.91 Å². The van der Waals surface area contributed by atoms with Crippen LogP contribution in [0.25, 0.3) is 0 Å². The molecule has 0 spiro atoms. The molecule has 1 rings (SSSR count). The number of hydrogen-bond donors (Lipinski definition) is 3. The molecule has 1 amide bonds. The molecule has 4 N–H and O–H groups in total. The van der Waals surface area contributed by atoms with E-state index >= 15 is 0 Å². The summed E-state index contributed by atoms with van der Waals surface area (Å²) in [4.78, 5) is 11.7. The summed E-state index contributed by atoms with van der Waals surface area (Å²) in [6, 6.07) is 9.34. The van der Waals surface area contributed by atoms with Crippen molar-refractivity contribution in [3.8, 4) is 0 Å². The second kappa shape index (κ2) is 6.68. The first kappa shape index (κ1) is 15.7. The Bertz CT molecular complexity index is 398. The summed E-state index contributed by atoms with van der Waals surface area (Å²) in [5.41, 5.74) is 6.70. The highest BCUT2D eigenvalue weighted by Gasteiger charge is 2.19. The van der Waals surface area contributed by atoms with E-state index in [-0.39, 0.29) is 23.9 Å². The maximum Gasteiger partial charge on any atom is 0.222 e. The molecular weight excluding hydrogens is 240 g/mol. The van der Waals surface area contributed by atoms with Crippen molar-refractivity contribution in [1.82, 2.24) is 5.32 Å². The van der Waals surface area contributed by atoms with Crippen molar-refractivity contribution < 1.29 is 9.90 Å². The van der Waals surface area contributed by atoms with Crippen LogP contribution in [0.5, 0.6) is 0 Å². The van der Waals surface area contributed by atoms with Crippen LogP contribution >= 0.6 is 0 Å². The van der Waals surface area contributed by atoms with E-state index in [0.717, 1.165) is 5.56 Å². The first-order valence-electron chi connectivity index (χ1n) is 6.57. The Labute approximate surface area is 115 Å². The van der Waals surface area contributed by atoms with E-state index in [2.05, 4.69) is 5.32 Å². The van der Waals surface area contributed by atoms with Gasteiger partial charge in [0.15, 0.2) is 0 Å². The highest BCUT2D eigenvalue weighted by molar-refractivity contribution is 5.77. The molecule has 0 aliphatic carbocycles. The SMILES string of the molecule is CC(C)(C)NC(=O)CC(O)CC(N)c1ccccc1. The van der Waals surface area contributed by atoms with E-state index < -0.39 is 6.10 Å². The minimum absolute atomic E-state index is 0.0812. The van der Waals surface area contributed by atoms with Gasteiger partial charge >= 0.3 is 0 Å². The van der Waals surface area contributed by atoms with Gasteiger partial charge in [0.05, 0.1) is 12.5 Å². The third kappa shape index (κ3) is 6.36. The Morgan fingerprint density at radius 1 is 1.32 bits per heavy atom. The third-order valence-corrected chi connectivity index (χ3v) is 2.69. The Morgan fingerprint density at radius 2 is 1.89 bits per heavy atom. The zero-order chi connectivity index (χ0) is 14.5. The van der Waals surface area contributed by atoms with Crippen LogP contribution in [0.15, 0.2) is 30.3 Å². The van der Waals surface area contributed by atoms with Crippen LogP contribution in [0.4, 0.5) is 0 Å². The summed E-state index contributed by atoms with van der Waals surface area (Å²) in [5.74, 6) is -0.153. The minimum atomic E-state index is -0.724. The van der Waals surface area contributed by atoms with Crippen LogP contribution in [0.1, 0.15) is 45.2 Å². The summed E-state index contributed by atoms with van der Waals surface area (Å²) in [5, 5.41) is 12.7. The van der Waals surface area contributed by atoms with Crippen molar-refractivity contribution in [2.75, 3.05) is 0 Å². The number of amides is 1. The Kier molecular flexibility index (Phi) is 5.51. The number of aliphatic hydroxyl groups is 1. The predicted octanol–water partition coefficient (Wildman–Crippen LogP) is 1.74. The van der Waals surface area contributed by atoms with Gasteiger partial charge < -0.3 is 16.2 Å². The van der Waals surface area contributed by atoms with E-state index in [0.29, 0.717) is 6.42 Å². The molecule has 0 aromatic heterocycles. The number of rotatable bonds is 5. The fourth-order valence-electron chi connectivity index (χ4n) is 1.90. The van der Waals surface area contributed by atoms with Gasteiger partial charge in [0, 0.05) is 11.6 Å². The molecule has 106 valence electrons. The van der Waals surface area contributed by atoms with Crippen molar-refractivity contribution in [2.24, 2.45) is 5.73 Å². The van der Waals surface area contributed by atoms with Gasteiger partial charge in [-0.2, -0.15) is 0 Å². The number of nitrogens with two attached hydrogens (primary N) is 1. The van der Waals surface area contributed by atoms with E-state index in [1.807, 2.05) is 51.1 Å². The molecule has 1 aromatic rings. The topological polar surface area (TPSA) is 75.3 Å². The largest absolute Gasteiger partial charge is 0.393 e. The zero-order valence-electron chi connectivity index (χ0n) is 11.9. The number of carbonyl (C=O) groups is 1. The average molecular weight is 264 g/mol. The average Bonchev–Trinajstić information content (AvgIpc) is 2.27. The lowest BCUT2D eigenvalue weighted by Gasteiger charge is -2.22. The monoisotopic (exact) mass is 264 g/mol. The molecule has 0 heterocycles. The van der Waals surface area contributed by atoms with E-state index in [4.69, 9.17) is 5.73 Å². The van der Waals surface area contributed by atoms with Crippen molar-refractivity contribution in [3.63, 3.8) is 0 Å². The highest BCUT2D eigenvalue weighted by atomic mass is 16.3. The van der Waals surface area contributed by atoms with Gasteiger partial charge in [-0.3, -0.25) is 4.79 Å². The lowest BCUT2D eigenvalue weighted by molar-refractivity contribution is -0.124. The van der Waals surface area contributed by atoms with Crippen molar-refractivity contribution in [3.05, 3.63) is 35.9 Å². The molecule has 0 radical (unpaired) electrons. The molecule has 0 aliphatic rings. The maximum atomic E-state index is 11.7. The number of aliphatic hydroxyl groups excluding tert-OH is 1. The number of hydrogen-bond acceptors (Lipinski definition) is 3. The highest BCUT2D eigenvalue weighted by Crippen LogP contribution is 2.16. The lowest BCUT2D eigenvalue weighted by atomic mass is 9.99. The molecule has 0 aliphatic heterocycles. The van der Waals surface area contributed by atoms with Crippen molar-refractivity contribution in [2.45, 2.75) is 51.3 Å². The fourth-order valence-corrected chi connectivity index (χ4v) is 1.90. The normalized spacial score (nSPS) is 14.8. The molecule has 0 bridgehead atoms. The van der Waals surface area contributed by atoms with Crippen LogP contribution < -0.4 is 11.1 Å². The number of benzene rings is 1. The van der Waals surface area contributed by atoms with Crippen molar-refractivity contribution >= 4 is 5.91 Å². The van der Waals surface area contributed by atoms with Crippen LogP contribution in [-0.2, 0) is 4.79 Å². The second-order valence-corrected chi connectivity index (χ2v) is 5.91. The molecule has 2 unspecified atom stereocenters. The summed E-state index contributed by atoms with van der Waals surface area (Å²) in [7, 11) is 0. The van der Waals surface area contributed by atoms with E-state index in [1.165, 1.54) is 0 Å². The quantitative estimate of drug-likeness (QED) is 0.758. The predicted molar refractivity (Wildman–Crippen MR) is 76.5 cm³/mol. The standard InChI is InChI=1S/C15H24N2O2/c1-15(2,3)17-14(19)10-12(18)9-13(16)11-7-5-4-6-8-11/h4-8,12-13,18H,9-10,16H2,1-3H3,(H,17,19). The number of carbonyl (C=O) groups excluding carboxylic acids is 1. The zero-order valence-corrected chi connectivity index (χ0v) is 11.9. The summed E-state index contributed by atoms with van der Waals surface area (Å²) < 4.78 is 0. The van der Waals surface area contributed by atoms with E-state index in [1.54, 1.807) is 0 Å². The second-order valence-electron chi connectivity index (χ2n) is 5.91. The molecule has 0 saturated heterocycles. The van der Waals surface area contributed by atoms with Gasteiger partial charge in [0.25, 0.3) is 0 Å². The maximum absolute atomic E-state index is 11.7. The molecule has 4 nitrogen and oxygen atoms in total. The summed E-state index contributed by atoms with van der Waals surface area (Å²) in [6.07, 6.45) is -0.267. The lowest BCUT2D eigenvalue weighted by Crippen LogP contribution is -2.42. The molecular formula is C15H24N2O2. The molecule has 2 atom stereocenters. The van der Waals surface area contributed by atoms with Crippen molar-refractivity contribution in [1.29, 1.82) is 0 Å². The van der Waals surface area contributed by atoms with Crippen LogP contribution in [0.3, 0.4) is 0 Å². The van der Waals surface area contributed by atoms with Gasteiger partial charge in [0.1, 0.15) is 0 Å². The minimum Gasteiger partial charge on any atom is -0.393 e.